The van der Waals surface area contributed by atoms with Gasteiger partial charge in [0.05, 0.1) is 18.9 Å². The molecule has 4 amide bonds. The Kier molecular flexibility index (Phi) is 3.41. The minimum absolute atomic E-state index is 0.00786. The van der Waals surface area contributed by atoms with E-state index in [4.69, 9.17) is 0 Å². The molecule has 128 valence electrons. The van der Waals surface area contributed by atoms with Gasteiger partial charge in [-0.3, -0.25) is 19.9 Å². The largest absolute Gasteiger partial charge is 0.348 e. The zero-order valence-corrected chi connectivity index (χ0v) is 13.0. The fourth-order valence-electron chi connectivity index (χ4n) is 2.82. The van der Waals surface area contributed by atoms with Crippen molar-refractivity contribution in [3.8, 4) is 5.82 Å². The number of urea groups is 1. The maximum Gasteiger partial charge on any atom is 0.322 e. The molecular formula is C14H14N8O3. The number of rotatable bonds is 5. The van der Waals surface area contributed by atoms with E-state index in [2.05, 4.69) is 36.1 Å². The van der Waals surface area contributed by atoms with Crippen LogP contribution in [0.3, 0.4) is 0 Å². The Labute approximate surface area is 141 Å². The van der Waals surface area contributed by atoms with E-state index in [1.165, 1.54) is 29.6 Å². The summed E-state index contributed by atoms with van der Waals surface area (Å²) in [6.07, 6.45) is 7.40. The van der Waals surface area contributed by atoms with Crippen LogP contribution < -0.4 is 16.0 Å². The van der Waals surface area contributed by atoms with Crippen LogP contribution in [-0.4, -0.2) is 54.9 Å². The van der Waals surface area contributed by atoms with Crippen molar-refractivity contribution in [3.05, 3.63) is 30.5 Å². The van der Waals surface area contributed by atoms with Gasteiger partial charge in [-0.1, -0.05) is 0 Å². The van der Waals surface area contributed by atoms with Crippen LogP contribution in [0.2, 0.25) is 0 Å². The van der Waals surface area contributed by atoms with Crippen molar-refractivity contribution in [2.45, 2.75) is 18.4 Å². The number of nitrogens with zero attached hydrogens (tertiary/aromatic N) is 5. The van der Waals surface area contributed by atoms with Crippen LogP contribution in [0.15, 0.2) is 24.8 Å². The molecule has 3 N–H and O–H groups in total. The van der Waals surface area contributed by atoms with Crippen molar-refractivity contribution in [3.63, 3.8) is 0 Å². The molecule has 0 spiro atoms. The van der Waals surface area contributed by atoms with Crippen LogP contribution in [0.5, 0.6) is 0 Å². The molecule has 1 saturated carbocycles. The van der Waals surface area contributed by atoms with Crippen molar-refractivity contribution in [1.82, 2.24) is 40.9 Å². The van der Waals surface area contributed by atoms with E-state index in [1.54, 1.807) is 0 Å². The van der Waals surface area contributed by atoms with Crippen LogP contribution in [0.25, 0.3) is 5.82 Å². The van der Waals surface area contributed by atoms with Crippen molar-refractivity contribution in [2.24, 2.45) is 5.92 Å². The molecule has 1 aliphatic heterocycles. The fraction of sp³-hybridized carbons (Fsp3) is 0.357. The lowest BCUT2D eigenvalue weighted by Gasteiger charge is -2.25. The van der Waals surface area contributed by atoms with Crippen molar-refractivity contribution >= 4 is 17.8 Å². The Morgan fingerprint density at radius 2 is 2.16 bits per heavy atom. The maximum atomic E-state index is 12.3. The lowest BCUT2D eigenvalue weighted by Crippen LogP contribution is -2.57. The maximum absolute atomic E-state index is 12.3. The number of nitrogens with one attached hydrogen (secondary N) is 3. The first-order valence-electron chi connectivity index (χ1n) is 7.69. The first-order chi connectivity index (χ1) is 12.1. The summed E-state index contributed by atoms with van der Waals surface area (Å²) in [5, 5.41) is 15.5. The average Bonchev–Trinajstić information content (AvgIpc) is 3.27. The Morgan fingerprint density at radius 1 is 1.32 bits per heavy atom. The van der Waals surface area contributed by atoms with E-state index in [0.717, 1.165) is 12.8 Å². The van der Waals surface area contributed by atoms with E-state index in [0.29, 0.717) is 5.82 Å². The molecule has 2 aromatic rings. The number of amides is 4. The number of carbonyl (C=O) groups is 3. The molecule has 25 heavy (non-hydrogen) atoms. The predicted molar refractivity (Wildman–Crippen MR) is 81.4 cm³/mol. The van der Waals surface area contributed by atoms with Crippen molar-refractivity contribution in [2.75, 3.05) is 6.54 Å². The molecule has 0 bridgehead atoms. The van der Waals surface area contributed by atoms with E-state index >= 15 is 0 Å². The minimum Gasteiger partial charge on any atom is -0.348 e. The van der Waals surface area contributed by atoms with Crippen LogP contribution in [0, 0.1) is 5.92 Å². The van der Waals surface area contributed by atoms with Crippen molar-refractivity contribution < 1.29 is 14.4 Å². The molecule has 0 radical (unpaired) electrons. The number of imide groups is 1. The van der Waals surface area contributed by atoms with Crippen LogP contribution in [0.4, 0.5) is 4.79 Å². The summed E-state index contributed by atoms with van der Waals surface area (Å²) in [7, 11) is 0. The van der Waals surface area contributed by atoms with Gasteiger partial charge in [0.15, 0.2) is 11.5 Å². The van der Waals surface area contributed by atoms with Gasteiger partial charge in [0, 0.05) is 12.4 Å². The minimum atomic E-state index is -1.09. The summed E-state index contributed by atoms with van der Waals surface area (Å²) in [6, 6.07) is -0.542. The Bertz CT molecular complexity index is 847. The van der Waals surface area contributed by atoms with Crippen LogP contribution >= 0.6 is 0 Å². The summed E-state index contributed by atoms with van der Waals surface area (Å²) in [5.74, 6) is -0.513. The Morgan fingerprint density at radius 3 is 2.80 bits per heavy atom. The third-order valence-electron chi connectivity index (χ3n) is 4.25. The topological polar surface area (TPSA) is 144 Å². The third kappa shape index (κ3) is 2.69. The van der Waals surface area contributed by atoms with E-state index < -0.39 is 23.4 Å². The quantitative estimate of drug-likeness (QED) is 0.577. The number of hydrogen-bond acceptors (Lipinski definition) is 7. The second-order valence-electron chi connectivity index (χ2n) is 5.92. The van der Waals surface area contributed by atoms with Gasteiger partial charge in [-0.05, 0) is 18.8 Å². The smallest absolute Gasteiger partial charge is 0.322 e. The Balaban J connectivity index is 1.47. The molecular weight excluding hydrogens is 328 g/mol. The second-order valence-corrected chi connectivity index (χ2v) is 5.92. The van der Waals surface area contributed by atoms with Crippen LogP contribution in [0.1, 0.15) is 23.3 Å². The molecule has 2 fully saturated rings. The molecule has 11 heteroatoms. The Hall–Kier alpha value is -3.37. The second kappa shape index (κ2) is 5.61. The summed E-state index contributed by atoms with van der Waals surface area (Å²) in [6.45, 7) is -0.00786. The normalized spacial score (nSPS) is 22.4. The fourth-order valence-corrected chi connectivity index (χ4v) is 2.82. The van der Waals surface area contributed by atoms with Crippen molar-refractivity contribution in [1.29, 1.82) is 0 Å². The summed E-state index contributed by atoms with van der Waals surface area (Å²) < 4.78 is 0. The zero-order chi connectivity index (χ0) is 17.4. The lowest BCUT2D eigenvalue weighted by atomic mass is 9.93. The predicted octanol–water partition coefficient (Wildman–Crippen LogP) is -1.22. The molecule has 1 atom stereocenters. The van der Waals surface area contributed by atoms with Gasteiger partial charge >= 0.3 is 6.03 Å². The average molecular weight is 342 g/mol. The molecule has 4 rings (SSSR count). The van der Waals surface area contributed by atoms with Gasteiger partial charge < -0.3 is 10.6 Å². The zero-order valence-electron chi connectivity index (χ0n) is 13.0. The number of carbonyl (C=O) groups excluding carboxylic acids is 3. The molecule has 2 aromatic heterocycles. The van der Waals surface area contributed by atoms with Crippen LogP contribution in [-0.2, 0) is 4.79 Å². The van der Waals surface area contributed by atoms with Gasteiger partial charge in [0.1, 0.15) is 5.54 Å². The van der Waals surface area contributed by atoms with E-state index in [1.807, 2.05) is 0 Å². The van der Waals surface area contributed by atoms with Gasteiger partial charge in [-0.15, -0.1) is 9.90 Å². The summed E-state index contributed by atoms with van der Waals surface area (Å²) >= 11 is 0. The first-order valence-corrected chi connectivity index (χ1v) is 7.69. The number of hydrogen-bond donors (Lipinski definition) is 3. The van der Waals surface area contributed by atoms with E-state index in [-0.39, 0.29) is 18.2 Å². The SMILES string of the molecule is O=C1NC(=O)[C@](CNC(=O)c2cnn(-c3cnccn3)n2)(C2CC2)N1. The highest BCUT2D eigenvalue weighted by Crippen LogP contribution is 2.41. The highest BCUT2D eigenvalue weighted by Gasteiger charge is 2.56. The van der Waals surface area contributed by atoms with Gasteiger partial charge in [-0.25, -0.2) is 9.78 Å². The molecule has 0 unspecified atom stereocenters. The van der Waals surface area contributed by atoms with Gasteiger partial charge in [-0.2, -0.15) is 5.10 Å². The monoisotopic (exact) mass is 342 g/mol. The summed E-state index contributed by atoms with van der Waals surface area (Å²) in [5.41, 5.74) is -1.02. The molecule has 11 nitrogen and oxygen atoms in total. The highest BCUT2D eigenvalue weighted by atomic mass is 16.2. The summed E-state index contributed by atoms with van der Waals surface area (Å²) in [4.78, 5) is 45.1. The molecule has 0 aromatic carbocycles. The van der Waals surface area contributed by atoms with Gasteiger partial charge in [0.25, 0.3) is 11.8 Å². The molecule has 3 heterocycles. The highest BCUT2D eigenvalue weighted by molar-refractivity contribution is 6.08. The number of aromatic nitrogens is 5. The van der Waals surface area contributed by atoms with E-state index in [9.17, 15) is 14.4 Å². The first kappa shape index (κ1) is 15.2. The lowest BCUT2D eigenvalue weighted by molar-refractivity contribution is -0.124. The third-order valence-corrected chi connectivity index (χ3v) is 4.25. The molecule has 2 aliphatic rings. The molecule has 1 saturated heterocycles. The standard InChI is InChI=1S/C14H14N8O3/c23-11(9-5-18-22(21-9)10-6-15-3-4-16-10)17-7-14(8-1-2-8)12(24)19-13(25)20-14/h3-6,8H,1-2,7H2,(H,17,23)(H2,19,20,24,25)/t14-/m0/s1. The molecule has 1 aliphatic carbocycles. The van der Waals surface area contributed by atoms with Gasteiger partial charge in [0.2, 0.25) is 0 Å².